The molecule has 0 atom stereocenters. The number of thioether (sulfide) groups is 1. The molecule has 0 spiro atoms. The Kier molecular flexibility index (Phi) is 7.55. The molecule has 0 heterocycles. The summed E-state index contributed by atoms with van der Waals surface area (Å²) in [6, 6.07) is 11.3. The minimum absolute atomic E-state index is 0.0187. The third kappa shape index (κ3) is 6.18. The van der Waals surface area contributed by atoms with Crippen LogP contribution in [-0.4, -0.2) is 41.8 Å². The molecule has 0 aliphatic carbocycles. The topological polar surface area (TPSA) is 66.5 Å². The van der Waals surface area contributed by atoms with Gasteiger partial charge in [-0.1, -0.05) is 18.2 Å². The maximum Gasteiger partial charge on any atom is 0.244 e. The van der Waals surface area contributed by atoms with Gasteiger partial charge in [-0.15, -0.1) is 11.8 Å². The fourth-order valence-corrected chi connectivity index (χ4v) is 3.39. The highest BCUT2D eigenvalue weighted by Crippen LogP contribution is 2.23. The van der Waals surface area contributed by atoms with E-state index in [1.165, 1.54) is 31.0 Å². The van der Waals surface area contributed by atoms with Crippen LogP contribution >= 0.6 is 27.7 Å². The second kappa shape index (κ2) is 9.66. The van der Waals surface area contributed by atoms with Crippen molar-refractivity contribution in [3.8, 4) is 0 Å². The van der Waals surface area contributed by atoms with Crippen molar-refractivity contribution in [3.05, 3.63) is 58.3 Å². The molecule has 0 radical (unpaired) electrons. The average Bonchev–Trinajstić information content (AvgIpc) is 2.62. The highest BCUT2D eigenvalue weighted by molar-refractivity contribution is 9.10. The van der Waals surface area contributed by atoms with Crippen LogP contribution in [0.3, 0.4) is 0 Å². The summed E-state index contributed by atoms with van der Waals surface area (Å²) in [5.41, 5.74) is 0.898. The van der Waals surface area contributed by atoms with Gasteiger partial charge >= 0.3 is 0 Å². The second-order valence-electron chi connectivity index (χ2n) is 5.77. The Labute approximate surface area is 169 Å². The van der Waals surface area contributed by atoms with E-state index in [2.05, 4.69) is 21.2 Å². The molecule has 2 rings (SSSR count). The van der Waals surface area contributed by atoms with Gasteiger partial charge in [0.2, 0.25) is 11.8 Å². The summed E-state index contributed by atoms with van der Waals surface area (Å²) in [7, 11) is 1.51. The number of likely N-dealkylation sites (N-methyl/N-ethyl adjacent to an activating group) is 1. The molecular formula is C19H18BrFN2O3S. The van der Waals surface area contributed by atoms with Gasteiger partial charge in [0.25, 0.3) is 0 Å². The molecule has 2 aromatic carbocycles. The Balaban J connectivity index is 1.87. The first kappa shape index (κ1) is 21.1. The fraction of sp³-hybridized carbons (Fsp3) is 0.211. The smallest absolute Gasteiger partial charge is 0.244 e. The lowest BCUT2D eigenvalue weighted by molar-refractivity contribution is -0.131. The van der Waals surface area contributed by atoms with Crippen LogP contribution in [-0.2, 0) is 9.59 Å². The zero-order chi connectivity index (χ0) is 20.0. The molecule has 0 bridgehead atoms. The van der Waals surface area contributed by atoms with E-state index in [0.29, 0.717) is 5.69 Å². The van der Waals surface area contributed by atoms with Crippen molar-refractivity contribution in [2.45, 2.75) is 11.8 Å². The van der Waals surface area contributed by atoms with Crippen molar-refractivity contribution in [3.63, 3.8) is 0 Å². The fourth-order valence-electron chi connectivity index (χ4n) is 2.14. The van der Waals surface area contributed by atoms with Crippen LogP contribution in [0.2, 0.25) is 0 Å². The maximum absolute atomic E-state index is 14.0. The molecule has 2 aromatic rings. The standard InChI is InChI=1S/C19H18BrFN2O3S/c1-12(24)13-7-8-17(15(21)9-13)27-11-19(26)23(2)10-18(25)22-16-6-4-3-5-14(16)20/h3-9H,10-11H2,1-2H3,(H,22,25). The van der Waals surface area contributed by atoms with Crippen LogP contribution in [0.1, 0.15) is 17.3 Å². The zero-order valence-electron chi connectivity index (χ0n) is 14.8. The number of hydrogen-bond donors (Lipinski definition) is 1. The number of hydrogen-bond acceptors (Lipinski definition) is 4. The number of nitrogens with zero attached hydrogens (tertiary/aromatic N) is 1. The first-order valence-corrected chi connectivity index (χ1v) is 9.77. The van der Waals surface area contributed by atoms with E-state index in [1.807, 2.05) is 6.07 Å². The Morgan fingerprint density at radius 2 is 1.89 bits per heavy atom. The molecular weight excluding hydrogens is 435 g/mol. The van der Waals surface area contributed by atoms with E-state index in [1.54, 1.807) is 18.2 Å². The van der Waals surface area contributed by atoms with Gasteiger partial charge < -0.3 is 10.2 Å². The van der Waals surface area contributed by atoms with E-state index >= 15 is 0 Å². The predicted octanol–water partition coefficient (Wildman–Crippen LogP) is 3.98. The van der Waals surface area contributed by atoms with Gasteiger partial charge in [0, 0.05) is 22.0 Å². The lowest BCUT2D eigenvalue weighted by Gasteiger charge is -2.17. The summed E-state index contributed by atoms with van der Waals surface area (Å²) in [4.78, 5) is 37.1. The van der Waals surface area contributed by atoms with E-state index in [9.17, 15) is 18.8 Å². The van der Waals surface area contributed by atoms with Crippen LogP contribution in [0.5, 0.6) is 0 Å². The highest BCUT2D eigenvalue weighted by atomic mass is 79.9. The first-order chi connectivity index (χ1) is 12.8. The summed E-state index contributed by atoms with van der Waals surface area (Å²) in [6.45, 7) is 1.24. The molecule has 0 aliphatic heterocycles. The number of rotatable bonds is 7. The van der Waals surface area contributed by atoms with Crippen molar-refractivity contribution < 1.29 is 18.8 Å². The van der Waals surface area contributed by atoms with Crippen LogP contribution < -0.4 is 5.32 Å². The monoisotopic (exact) mass is 452 g/mol. The van der Waals surface area contributed by atoms with Crippen molar-refractivity contribution in [1.82, 2.24) is 4.90 Å². The molecule has 0 aromatic heterocycles. The number of carbonyl (C=O) groups excluding carboxylic acids is 3. The lowest BCUT2D eigenvalue weighted by atomic mass is 10.1. The minimum Gasteiger partial charge on any atom is -0.336 e. The van der Waals surface area contributed by atoms with Gasteiger partial charge in [-0.3, -0.25) is 14.4 Å². The van der Waals surface area contributed by atoms with E-state index < -0.39 is 5.82 Å². The lowest BCUT2D eigenvalue weighted by Crippen LogP contribution is -2.36. The van der Waals surface area contributed by atoms with Gasteiger partial charge in [0.05, 0.1) is 18.0 Å². The minimum atomic E-state index is -0.546. The summed E-state index contributed by atoms with van der Waals surface area (Å²) in [5.74, 6) is -1.43. The van der Waals surface area contributed by atoms with E-state index in [-0.39, 0.29) is 40.4 Å². The molecule has 0 fully saturated rings. The van der Waals surface area contributed by atoms with Crippen LogP contribution in [0, 0.1) is 5.82 Å². The quantitative estimate of drug-likeness (QED) is 0.509. The molecule has 5 nitrogen and oxygen atoms in total. The van der Waals surface area contributed by atoms with Crippen molar-refractivity contribution in [1.29, 1.82) is 0 Å². The highest BCUT2D eigenvalue weighted by Gasteiger charge is 2.15. The largest absolute Gasteiger partial charge is 0.336 e. The number of amides is 2. The number of halogens is 2. The molecule has 27 heavy (non-hydrogen) atoms. The van der Waals surface area contributed by atoms with Gasteiger partial charge in [0.15, 0.2) is 5.78 Å². The third-order valence-electron chi connectivity index (χ3n) is 3.64. The molecule has 0 unspecified atom stereocenters. The molecule has 8 heteroatoms. The number of anilines is 1. The van der Waals surface area contributed by atoms with Crippen LogP contribution in [0.4, 0.5) is 10.1 Å². The third-order valence-corrected chi connectivity index (χ3v) is 5.37. The second-order valence-corrected chi connectivity index (χ2v) is 7.64. The van der Waals surface area contributed by atoms with E-state index in [4.69, 9.17) is 0 Å². The van der Waals surface area contributed by atoms with Gasteiger partial charge in [-0.25, -0.2) is 4.39 Å². The Morgan fingerprint density at radius 3 is 2.52 bits per heavy atom. The van der Waals surface area contributed by atoms with Crippen LogP contribution in [0.15, 0.2) is 51.8 Å². The van der Waals surface area contributed by atoms with Crippen LogP contribution in [0.25, 0.3) is 0 Å². The Morgan fingerprint density at radius 1 is 1.19 bits per heavy atom. The average molecular weight is 453 g/mol. The molecule has 142 valence electrons. The predicted molar refractivity (Wildman–Crippen MR) is 108 cm³/mol. The molecule has 0 aliphatic rings. The zero-order valence-corrected chi connectivity index (χ0v) is 17.2. The maximum atomic E-state index is 14.0. The number of nitrogens with one attached hydrogen (secondary N) is 1. The number of benzene rings is 2. The van der Waals surface area contributed by atoms with Crippen molar-refractivity contribution in [2.75, 3.05) is 24.7 Å². The van der Waals surface area contributed by atoms with Gasteiger partial charge in [0.1, 0.15) is 5.82 Å². The molecule has 0 saturated carbocycles. The molecule has 1 N–H and O–H groups in total. The Bertz CT molecular complexity index is 876. The van der Waals surface area contributed by atoms with E-state index in [0.717, 1.165) is 22.3 Å². The summed E-state index contributed by atoms with van der Waals surface area (Å²) < 4.78 is 14.7. The number of carbonyl (C=O) groups is 3. The Hall–Kier alpha value is -2.19. The summed E-state index contributed by atoms with van der Waals surface area (Å²) in [5, 5.41) is 2.72. The number of ketones is 1. The molecule has 0 saturated heterocycles. The van der Waals surface area contributed by atoms with Crippen molar-refractivity contribution in [2.24, 2.45) is 0 Å². The SMILES string of the molecule is CC(=O)c1ccc(SCC(=O)N(C)CC(=O)Nc2ccccc2Br)c(F)c1. The summed E-state index contributed by atoms with van der Waals surface area (Å²) in [6.07, 6.45) is 0. The number of para-hydroxylation sites is 1. The normalized spacial score (nSPS) is 10.4. The summed E-state index contributed by atoms with van der Waals surface area (Å²) >= 11 is 4.36. The van der Waals surface area contributed by atoms with Gasteiger partial charge in [-0.05, 0) is 47.1 Å². The van der Waals surface area contributed by atoms with Crippen molar-refractivity contribution >= 4 is 51.0 Å². The molecule has 2 amide bonds. The number of Topliss-reactive ketones (excluding diaryl/α,β-unsaturated/α-hetero) is 1. The first-order valence-electron chi connectivity index (χ1n) is 7.99. The van der Waals surface area contributed by atoms with Gasteiger partial charge in [-0.2, -0.15) is 0 Å².